The number of aromatic nitrogens is 3. The second-order valence-corrected chi connectivity index (χ2v) is 6.38. The van der Waals surface area contributed by atoms with Crippen molar-refractivity contribution in [2.24, 2.45) is 0 Å². The first-order valence-electron chi connectivity index (χ1n) is 7.34. The van der Waals surface area contributed by atoms with Gasteiger partial charge in [0.15, 0.2) is 10.9 Å². The number of amides is 1. The summed E-state index contributed by atoms with van der Waals surface area (Å²) in [5.74, 6) is 0.297. The lowest BCUT2D eigenvalue weighted by atomic mass is 10.3. The molecule has 2 aromatic heterocycles. The van der Waals surface area contributed by atoms with Crippen LogP contribution in [0.2, 0.25) is 0 Å². The Labute approximate surface area is 143 Å². The number of anilines is 1. The zero-order chi connectivity index (χ0) is 17.1. The Balaban J connectivity index is 1.68. The molecule has 1 N–H and O–H groups in total. The van der Waals surface area contributed by atoms with E-state index in [4.69, 9.17) is 4.52 Å². The third-order valence-corrected chi connectivity index (χ3v) is 4.02. The SMILES string of the molecule is Cc1cc(C)nc(Sc2ccc(NC(=O)c3cc(C)on3)cc2)n1. The van der Waals surface area contributed by atoms with Crippen LogP contribution < -0.4 is 5.32 Å². The predicted octanol–water partition coefficient (Wildman–Crippen LogP) is 3.79. The summed E-state index contributed by atoms with van der Waals surface area (Å²) >= 11 is 1.48. The molecule has 122 valence electrons. The molecule has 6 nitrogen and oxygen atoms in total. The van der Waals surface area contributed by atoms with E-state index in [1.165, 1.54) is 11.8 Å². The molecule has 1 aromatic carbocycles. The fourth-order valence-corrected chi connectivity index (χ4v) is 2.98. The highest BCUT2D eigenvalue weighted by atomic mass is 32.2. The second kappa shape index (κ2) is 6.84. The molecular weight excluding hydrogens is 324 g/mol. The van der Waals surface area contributed by atoms with E-state index in [0.717, 1.165) is 16.3 Å². The summed E-state index contributed by atoms with van der Waals surface area (Å²) in [7, 11) is 0. The van der Waals surface area contributed by atoms with Crippen molar-refractivity contribution in [3.63, 3.8) is 0 Å². The van der Waals surface area contributed by atoms with Gasteiger partial charge in [0.25, 0.3) is 5.91 Å². The molecule has 0 aliphatic rings. The molecule has 24 heavy (non-hydrogen) atoms. The monoisotopic (exact) mass is 340 g/mol. The molecule has 2 heterocycles. The van der Waals surface area contributed by atoms with Gasteiger partial charge in [-0.2, -0.15) is 0 Å². The van der Waals surface area contributed by atoms with Crippen LogP contribution in [-0.4, -0.2) is 21.0 Å². The van der Waals surface area contributed by atoms with Gasteiger partial charge in [0.1, 0.15) is 5.76 Å². The Morgan fingerprint density at radius 2 is 1.71 bits per heavy atom. The normalized spacial score (nSPS) is 10.6. The van der Waals surface area contributed by atoms with E-state index in [0.29, 0.717) is 16.6 Å². The third-order valence-electron chi connectivity index (χ3n) is 3.14. The lowest BCUT2D eigenvalue weighted by molar-refractivity contribution is 0.101. The fourth-order valence-electron chi connectivity index (χ4n) is 2.12. The lowest BCUT2D eigenvalue weighted by Crippen LogP contribution is -2.11. The number of carbonyl (C=O) groups is 1. The molecule has 0 bridgehead atoms. The topological polar surface area (TPSA) is 80.9 Å². The van der Waals surface area contributed by atoms with Gasteiger partial charge in [-0.05, 0) is 62.9 Å². The first-order chi connectivity index (χ1) is 11.5. The molecule has 0 atom stereocenters. The number of carbonyl (C=O) groups excluding carboxylic acids is 1. The smallest absolute Gasteiger partial charge is 0.277 e. The van der Waals surface area contributed by atoms with E-state index in [1.54, 1.807) is 13.0 Å². The van der Waals surface area contributed by atoms with Crippen LogP contribution in [0.15, 0.2) is 51.0 Å². The molecule has 7 heteroatoms. The molecule has 0 fully saturated rings. The van der Waals surface area contributed by atoms with Crippen molar-refractivity contribution in [2.75, 3.05) is 5.32 Å². The number of aryl methyl sites for hydroxylation is 3. The standard InChI is InChI=1S/C17H16N4O2S/c1-10-8-11(2)19-17(18-10)24-14-6-4-13(5-7-14)20-16(22)15-9-12(3)23-21-15/h4-9H,1-3H3,(H,20,22). The average Bonchev–Trinajstić information content (AvgIpc) is 2.95. The molecule has 0 spiro atoms. The van der Waals surface area contributed by atoms with E-state index in [-0.39, 0.29) is 11.6 Å². The van der Waals surface area contributed by atoms with Crippen molar-refractivity contribution in [3.05, 3.63) is 59.2 Å². The van der Waals surface area contributed by atoms with Gasteiger partial charge >= 0.3 is 0 Å². The van der Waals surface area contributed by atoms with Crippen molar-refractivity contribution in [1.29, 1.82) is 0 Å². The Morgan fingerprint density at radius 3 is 2.29 bits per heavy atom. The molecule has 3 aromatic rings. The first-order valence-corrected chi connectivity index (χ1v) is 8.16. The lowest BCUT2D eigenvalue weighted by Gasteiger charge is -2.05. The summed E-state index contributed by atoms with van der Waals surface area (Å²) in [4.78, 5) is 21.8. The maximum Gasteiger partial charge on any atom is 0.277 e. The van der Waals surface area contributed by atoms with Gasteiger partial charge in [0.05, 0.1) is 0 Å². The number of hydrogen-bond acceptors (Lipinski definition) is 6. The maximum atomic E-state index is 12.0. The highest BCUT2D eigenvalue weighted by Gasteiger charge is 2.11. The predicted molar refractivity (Wildman–Crippen MR) is 91.3 cm³/mol. The second-order valence-electron chi connectivity index (χ2n) is 5.34. The zero-order valence-corrected chi connectivity index (χ0v) is 14.3. The van der Waals surface area contributed by atoms with E-state index in [9.17, 15) is 4.79 Å². The van der Waals surface area contributed by atoms with Crippen molar-refractivity contribution < 1.29 is 9.32 Å². The summed E-state index contributed by atoms with van der Waals surface area (Å²) in [6, 6.07) is 11.0. The summed E-state index contributed by atoms with van der Waals surface area (Å²) in [5.41, 5.74) is 2.83. The third kappa shape index (κ3) is 3.99. The van der Waals surface area contributed by atoms with Crippen LogP contribution in [-0.2, 0) is 0 Å². The van der Waals surface area contributed by atoms with Crippen LogP contribution in [0.5, 0.6) is 0 Å². The number of hydrogen-bond donors (Lipinski definition) is 1. The molecule has 3 rings (SSSR count). The quantitative estimate of drug-likeness (QED) is 0.728. The van der Waals surface area contributed by atoms with Crippen molar-refractivity contribution >= 4 is 23.4 Å². The van der Waals surface area contributed by atoms with E-state index >= 15 is 0 Å². The van der Waals surface area contributed by atoms with Gasteiger partial charge in [-0.25, -0.2) is 9.97 Å². The van der Waals surface area contributed by atoms with E-state index in [2.05, 4.69) is 20.4 Å². The minimum absolute atomic E-state index is 0.259. The van der Waals surface area contributed by atoms with Gasteiger partial charge in [-0.15, -0.1) is 0 Å². The summed E-state index contributed by atoms with van der Waals surface area (Å²) in [5, 5.41) is 7.18. The summed E-state index contributed by atoms with van der Waals surface area (Å²) < 4.78 is 4.90. The highest BCUT2D eigenvalue weighted by molar-refractivity contribution is 7.99. The number of nitrogens with zero attached hydrogens (tertiary/aromatic N) is 3. The van der Waals surface area contributed by atoms with Crippen molar-refractivity contribution in [1.82, 2.24) is 15.1 Å². The molecule has 0 unspecified atom stereocenters. The summed E-state index contributed by atoms with van der Waals surface area (Å²) in [6.45, 7) is 5.64. The molecular formula is C17H16N4O2S. The average molecular weight is 340 g/mol. The van der Waals surface area contributed by atoms with Crippen LogP contribution in [0.4, 0.5) is 5.69 Å². The molecule has 0 radical (unpaired) electrons. The van der Waals surface area contributed by atoms with Gasteiger partial charge in [0, 0.05) is 28.0 Å². The molecule has 0 aliphatic carbocycles. The molecule has 0 aliphatic heterocycles. The number of rotatable bonds is 4. The van der Waals surface area contributed by atoms with Crippen LogP contribution in [0, 0.1) is 20.8 Å². The molecule has 0 saturated heterocycles. The van der Waals surface area contributed by atoms with Crippen LogP contribution in [0.25, 0.3) is 0 Å². The van der Waals surface area contributed by atoms with Gasteiger partial charge in [-0.3, -0.25) is 4.79 Å². The van der Waals surface area contributed by atoms with Crippen LogP contribution in [0.3, 0.4) is 0 Å². The Kier molecular flexibility index (Phi) is 4.61. The van der Waals surface area contributed by atoms with Gasteiger partial charge in [-0.1, -0.05) is 5.16 Å². The van der Waals surface area contributed by atoms with Crippen LogP contribution in [0.1, 0.15) is 27.6 Å². The van der Waals surface area contributed by atoms with Crippen LogP contribution >= 0.6 is 11.8 Å². The molecule has 0 saturated carbocycles. The number of nitrogens with one attached hydrogen (secondary N) is 1. The Hall–Kier alpha value is -2.67. The number of benzene rings is 1. The Morgan fingerprint density at radius 1 is 1.04 bits per heavy atom. The minimum atomic E-state index is -0.301. The van der Waals surface area contributed by atoms with Gasteiger partial charge in [0.2, 0.25) is 0 Å². The Bertz CT molecular complexity index is 854. The maximum absolute atomic E-state index is 12.0. The minimum Gasteiger partial charge on any atom is -0.361 e. The fraction of sp³-hybridized carbons (Fsp3) is 0.176. The van der Waals surface area contributed by atoms with Crippen molar-refractivity contribution in [3.8, 4) is 0 Å². The van der Waals surface area contributed by atoms with Crippen molar-refractivity contribution in [2.45, 2.75) is 30.8 Å². The first kappa shape index (κ1) is 16.2. The zero-order valence-electron chi connectivity index (χ0n) is 13.5. The summed E-state index contributed by atoms with van der Waals surface area (Å²) in [6.07, 6.45) is 0. The van der Waals surface area contributed by atoms with Gasteiger partial charge < -0.3 is 9.84 Å². The molecule has 1 amide bonds. The largest absolute Gasteiger partial charge is 0.361 e. The highest BCUT2D eigenvalue weighted by Crippen LogP contribution is 2.26. The van der Waals surface area contributed by atoms with E-state index < -0.39 is 0 Å². The van der Waals surface area contributed by atoms with E-state index in [1.807, 2.05) is 44.2 Å².